The average Bonchev–Trinajstić information content (AvgIpc) is 2.98. The van der Waals surface area contributed by atoms with Crippen LogP contribution in [0.1, 0.15) is 12.0 Å². The van der Waals surface area contributed by atoms with E-state index < -0.39 is 51.2 Å². The predicted octanol–water partition coefficient (Wildman–Crippen LogP) is 4.72. The van der Waals surface area contributed by atoms with Crippen molar-refractivity contribution in [3.63, 3.8) is 0 Å². The molecular formula is C20H15F6NO4S. The summed E-state index contributed by atoms with van der Waals surface area (Å²) in [5.41, 5.74) is -7.34. The molecule has 0 fully saturated rings. The maximum atomic E-state index is 13.5. The van der Waals surface area contributed by atoms with Gasteiger partial charge in [0.05, 0.1) is 17.9 Å². The minimum Gasteiger partial charge on any atom is -0.377 e. The van der Waals surface area contributed by atoms with Gasteiger partial charge < -0.3 is 9.50 Å². The van der Waals surface area contributed by atoms with Crippen LogP contribution < -0.4 is 9.50 Å². The predicted molar refractivity (Wildman–Crippen MR) is 102 cm³/mol. The Balaban J connectivity index is 1.90. The molecule has 0 radical (unpaired) electrons. The topological polar surface area (TPSA) is 72.5 Å². The number of carbonyl (C=O) groups is 1. The van der Waals surface area contributed by atoms with Crippen molar-refractivity contribution in [3.8, 4) is 5.75 Å². The standard InChI is InChI=1S/C20H15F6NO4S/c21-19(22,23)12-18(13-4-2-1-3-5-13)16(10-11-17(18)28)27-14-6-8-15(9-7-14)31-32(29,30)20(24,25)26/h1-11,16,27H,12H2/t16-,18-/m1/s1. The lowest BCUT2D eigenvalue weighted by Gasteiger charge is -2.36. The van der Waals surface area contributed by atoms with E-state index in [9.17, 15) is 39.6 Å². The van der Waals surface area contributed by atoms with Gasteiger partial charge in [-0.15, -0.1) is 0 Å². The molecule has 12 heteroatoms. The lowest BCUT2D eigenvalue weighted by molar-refractivity contribution is -0.155. The Morgan fingerprint density at radius 2 is 1.53 bits per heavy atom. The summed E-state index contributed by atoms with van der Waals surface area (Å²) in [5.74, 6) is -1.40. The number of halogens is 6. The van der Waals surface area contributed by atoms with Gasteiger partial charge >= 0.3 is 21.8 Å². The molecule has 0 saturated heterocycles. The first-order valence-corrected chi connectivity index (χ1v) is 10.4. The summed E-state index contributed by atoms with van der Waals surface area (Å²) in [7, 11) is -5.87. The van der Waals surface area contributed by atoms with Gasteiger partial charge in [-0.2, -0.15) is 34.8 Å². The van der Waals surface area contributed by atoms with E-state index in [4.69, 9.17) is 0 Å². The number of nitrogens with one attached hydrogen (secondary N) is 1. The molecule has 1 aliphatic rings. The maximum Gasteiger partial charge on any atom is 0.534 e. The summed E-state index contributed by atoms with van der Waals surface area (Å²) in [6, 6.07) is 10.3. The number of carbonyl (C=O) groups excluding carboxylic acids is 1. The summed E-state index contributed by atoms with van der Waals surface area (Å²) in [4.78, 5) is 12.7. The van der Waals surface area contributed by atoms with Gasteiger partial charge in [0.2, 0.25) is 0 Å². The molecule has 5 nitrogen and oxygen atoms in total. The Bertz CT molecular complexity index is 1110. The highest BCUT2D eigenvalue weighted by Gasteiger charge is 2.54. The van der Waals surface area contributed by atoms with Crippen molar-refractivity contribution < 1.29 is 43.7 Å². The van der Waals surface area contributed by atoms with Crippen LogP contribution in [-0.4, -0.2) is 31.9 Å². The SMILES string of the molecule is O=C1C=C[C@@H](Nc2ccc(OS(=O)(=O)C(F)(F)F)cc2)[C@@]1(CC(F)(F)F)c1ccccc1. The zero-order valence-electron chi connectivity index (χ0n) is 15.9. The number of benzene rings is 2. The number of ketones is 1. The number of hydrogen-bond donors (Lipinski definition) is 1. The third-order valence-electron chi connectivity index (χ3n) is 4.84. The highest BCUT2D eigenvalue weighted by Crippen LogP contribution is 2.44. The monoisotopic (exact) mass is 479 g/mol. The second-order valence-corrected chi connectivity index (χ2v) is 8.52. The lowest BCUT2D eigenvalue weighted by atomic mass is 9.71. The van der Waals surface area contributed by atoms with Crippen LogP contribution in [0.3, 0.4) is 0 Å². The van der Waals surface area contributed by atoms with E-state index in [1.165, 1.54) is 30.3 Å². The molecule has 3 rings (SSSR count). The zero-order valence-corrected chi connectivity index (χ0v) is 16.8. The molecule has 0 aliphatic heterocycles. The Morgan fingerprint density at radius 1 is 0.938 bits per heavy atom. The smallest absolute Gasteiger partial charge is 0.377 e. The molecule has 0 bridgehead atoms. The fraction of sp³-hybridized carbons (Fsp3) is 0.250. The van der Waals surface area contributed by atoms with Crippen LogP contribution in [0.5, 0.6) is 5.75 Å². The van der Waals surface area contributed by atoms with Crippen molar-refractivity contribution in [3.05, 3.63) is 72.3 Å². The fourth-order valence-corrected chi connectivity index (χ4v) is 3.91. The van der Waals surface area contributed by atoms with Crippen LogP contribution in [-0.2, 0) is 20.3 Å². The highest BCUT2D eigenvalue weighted by molar-refractivity contribution is 7.88. The Hall–Kier alpha value is -3.02. The van der Waals surface area contributed by atoms with Crippen LogP contribution >= 0.6 is 0 Å². The van der Waals surface area contributed by atoms with Crippen molar-refractivity contribution in [2.45, 2.75) is 29.6 Å². The van der Waals surface area contributed by atoms with Crippen LogP contribution in [0.25, 0.3) is 0 Å². The first-order valence-electron chi connectivity index (χ1n) is 8.97. The van der Waals surface area contributed by atoms with Gasteiger partial charge in [0, 0.05) is 5.69 Å². The number of alkyl halides is 6. The van der Waals surface area contributed by atoms with E-state index in [-0.39, 0.29) is 11.3 Å². The van der Waals surface area contributed by atoms with Gasteiger partial charge in [0.25, 0.3) is 0 Å². The first-order chi connectivity index (χ1) is 14.7. The fourth-order valence-electron chi connectivity index (χ4n) is 3.45. The molecule has 0 amide bonds. The Morgan fingerprint density at radius 3 is 2.06 bits per heavy atom. The van der Waals surface area contributed by atoms with Crippen molar-refractivity contribution in [1.82, 2.24) is 0 Å². The second kappa shape index (κ2) is 8.15. The van der Waals surface area contributed by atoms with Gasteiger partial charge in [-0.05, 0) is 35.9 Å². The zero-order chi connectivity index (χ0) is 23.8. The molecule has 2 aromatic rings. The quantitative estimate of drug-likeness (QED) is 0.369. The highest BCUT2D eigenvalue weighted by atomic mass is 32.2. The summed E-state index contributed by atoms with van der Waals surface area (Å²) in [6.45, 7) is 0. The number of allylic oxidation sites excluding steroid dienone is 1. The number of hydrogen-bond acceptors (Lipinski definition) is 5. The second-order valence-electron chi connectivity index (χ2n) is 6.98. The molecule has 2 atom stereocenters. The van der Waals surface area contributed by atoms with E-state index in [2.05, 4.69) is 9.50 Å². The van der Waals surface area contributed by atoms with E-state index in [1.807, 2.05) is 0 Å². The molecule has 0 heterocycles. The van der Waals surface area contributed by atoms with E-state index >= 15 is 0 Å². The average molecular weight is 479 g/mol. The van der Waals surface area contributed by atoms with E-state index in [0.717, 1.165) is 30.3 Å². The Labute approximate surface area is 178 Å². The first kappa shape index (κ1) is 23.6. The molecule has 32 heavy (non-hydrogen) atoms. The van der Waals surface area contributed by atoms with Gasteiger partial charge in [0.15, 0.2) is 5.78 Å². The van der Waals surface area contributed by atoms with E-state index in [0.29, 0.717) is 0 Å². The maximum absolute atomic E-state index is 13.5. The summed E-state index contributed by atoms with van der Waals surface area (Å²) in [5, 5.41) is 2.77. The van der Waals surface area contributed by atoms with Crippen molar-refractivity contribution in [2.75, 3.05) is 5.32 Å². The van der Waals surface area contributed by atoms with Crippen LogP contribution in [0.4, 0.5) is 32.0 Å². The minimum atomic E-state index is -5.87. The molecule has 0 aromatic heterocycles. The third kappa shape index (κ3) is 4.74. The Kier molecular flexibility index (Phi) is 6.02. The lowest BCUT2D eigenvalue weighted by Crippen LogP contribution is -2.48. The molecule has 0 unspecified atom stereocenters. The van der Waals surface area contributed by atoms with Crippen molar-refractivity contribution >= 4 is 21.6 Å². The molecule has 1 N–H and O–H groups in total. The van der Waals surface area contributed by atoms with Crippen LogP contribution in [0, 0.1) is 0 Å². The molecule has 0 saturated carbocycles. The molecule has 0 spiro atoms. The van der Waals surface area contributed by atoms with Crippen molar-refractivity contribution in [2.24, 2.45) is 0 Å². The summed E-state index contributed by atoms with van der Waals surface area (Å²) in [6.07, 6.45) is -3.80. The molecular weight excluding hydrogens is 464 g/mol. The molecule has 2 aromatic carbocycles. The summed E-state index contributed by atoms with van der Waals surface area (Å²) >= 11 is 0. The van der Waals surface area contributed by atoms with Gasteiger partial charge in [-0.1, -0.05) is 36.4 Å². The van der Waals surface area contributed by atoms with Crippen molar-refractivity contribution in [1.29, 1.82) is 0 Å². The van der Waals surface area contributed by atoms with Crippen LogP contribution in [0.2, 0.25) is 0 Å². The number of rotatable bonds is 6. The minimum absolute atomic E-state index is 0.133. The molecule has 172 valence electrons. The molecule has 1 aliphatic carbocycles. The van der Waals surface area contributed by atoms with Gasteiger partial charge in [-0.3, -0.25) is 4.79 Å². The number of anilines is 1. The van der Waals surface area contributed by atoms with Gasteiger partial charge in [0.1, 0.15) is 5.75 Å². The largest absolute Gasteiger partial charge is 0.534 e. The third-order valence-corrected chi connectivity index (χ3v) is 5.82. The van der Waals surface area contributed by atoms with Crippen LogP contribution in [0.15, 0.2) is 66.7 Å². The van der Waals surface area contributed by atoms with Gasteiger partial charge in [-0.25, -0.2) is 0 Å². The van der Waals surface area contributed by atoms with E-state index in [1.54, 1.807) is 6.07 Å². The normalized spacial score (nSPS) is 21.6. The summed E-state index contributed by atoms with van der Waals surface area (Å²) < 4.78 is 104.